The summed E-state index contributed by atoms with van der Waals surface area (Å²) in [4.78, 5) is 27.5. The third-order valence-corrected chi connectivity index (χ3v) is 6.35. The molecular formula is C27H35N3O5. The molecule has 0 aliphatic carbocycles. The van der Waals surface area contributed by atoms with Crippen LogP contribution in [0.3, 0.4) is 0 Å². The summed E-state index contributed by atoms with van der Waals surface area (Å²) in [6, 6.07) is 11.5. The Labute approximate surface area is 207 Å². The highest BCUT2D eigenvalue weighted by molar-refractivity contribution is 6.03. The van der Waals surface area contributed by atoms with Gasteiger partial charge in [0.1, 0.15) is 6.54 Å². The minimum atomic E-state index is -0.333. The number of rotatable bonds is 10. The molecule has 1 atom stereocenters. The van der Waals surface area contributed by atoms with Gasteiger partial charge in [-0.25, -0.2) is 5.01 Å². The summed E-state index contributed by atoms with van der Waals surface area (Å²) in [6.07, 6.45) is 0.858. The number of carbonyl (C=O) groups excluding carboxylic acids is 2. The number of benzene rings is 2. The highest BCUT2D eigenvalue weighted by Gasteiger charge is 2.34. The normalized spacial score (nSPS) is 15.1. The zero-order valence-electron chi connectivity index (χ0n) is 21.5. The van der Waals surface area contributed by atoms with Crippen LogP contribution in [0.5, 0.6) is 11.5 Å². The van der Waals surface area contributed by atoms with Gasteiger partial charge in [-0.2, -0.15) is 5.10 Å². The summed E-state index contributed by atoms with van der Waals surface area (Å²) in [7, 11) is 4.74. The van der Waals surface area contributed by atoms with Crippen LogP contribution in [0.1, 0.15) is 48.1 Å². The van der Waals surface area contributed by atoms with Gasteiger partial charge in [0.2, 0.25) is 5.91 Å². The van der Waals surface area contributed by atoms with Gasteiger partial charge in [0.15, 0.2) is 11.5 Å². The van der Waals surface area contributed by atoms with E-state index < -0.39 is 0 Å². The van der Waals surface area contributed by atoms with Crippen LogP contribution in [0, 0.1) is 13.8 Å². The van der Waals surface area contributed by atoms with Crippen LogP contribution >= 0.6 is 0 Å². The molecule has 188 valence electrons. The van der Waals surface area contributed by atoms with Crippen molar-refractivity contribution in [3.8, 4) is 11.5 Å². The van der Waals surface area contributed by atoms with Crippen molar-refractivity contribution >= 4 is 17.5 Å². The van der Waals surface area contributed by atoms with E-state index in [0.29, 0.717) is 37.5 Å². The van der Waals surface area contributed by atoms with Crippen molar-refractivity contribution in [3.05, 3.63) is 58.7 Å². The Kier molecular flexibility index (Phi) is 8.87. The third-order valence-electron chi connectivity index (χ3n) is 6.35. The topological polar surface area (TPSA) is 80.7 Å². The Balaban J connectivity index is 1.97. The predicted octanol–water partition coefficient (Wildman–Crippen LogP) is 3.88. The predicted molar refractivity (Wildman–Crippen MR) is 135 cm³/mol. The number of methoxy groups -OCH3 is 3. The lowest BCUT2D eigenvalue weighted by Crippen LogP contribution is -2.42. The Bertz CT molecular complexity index is 1100. The first-order chi connectivity index (χ1) is 16.8. The van der Waals surface area contributed by atoms with Crippen LogP contribution in [-0.2, 0) is 14.3 Å². The van der Waals surface area contributed by atoms with Gasteiger partial charge in [-0.05, 0) is 54.3 Å². The molecule has 1 aliphatic rings. The molecule has 0 fully saturated rings. The lowest BCUT2D eigenvalue weighted by atomic mass is 9.96. The van der Waals surface area contributed by atoms with Gasteiger partial charge < -0.3 is 19.1 Å². The van der Waals surface area contributed by atoms with Crippen LogP contribution in [0.4, 0.5) is 0 Å². The number of ether oxygens (including phenoxy) is 3. The molecule has 0 N–H and O–H groups in total. The average Bonchev–Trinajstić information content (AvgIpc) is 3.32. The molecule has 2 aromatic rings. The molecule has 0 saturated carbocycles. The van der Waals surface area contributed by atoms with Crippen LogP contribution in [0.2, 0.25) is 0 Å². The van der Waals surface area contributed by atoms with Gasteiger partial charge in [-0.1, -0.05) is 25.1 Å². The molecule has 8 heteroatoms. The number of carbonyl (C=O) groups is 2. The van der Waals surface area contributed by atoms with Crippen LogP contribution < -0.4 is 9.47 Å². The van der Waals surface area contributed by atoms with E-state index in [2.05, 4.69) is 26.0 Å². The van der Waals surface area contributed by atoms with E-state index in [-0.39, 0.29) is 24.4 Å². The van der Waals surface area contributed by atoms with Crippen molar-refractivity contribution in [2.45, 2.75) is 39.7 Å². The zero-order chi connectivity index (χ0) is 25.5. The van der Waals surface area contributed by atoms with E-state index in [0.717, 1.165) is 22.4 Å². The van der Waals surface area contributed by atoms with Crippen molar-refractivity contribution < 1.29 is 23.8 Å². The molecule has 0 radical (unpaired) electrons. The Morgan fingerprint density at radius 1 is 1.03 bits per heavy atom. The van der Waals surface area contributed by atoms with Gasteiger partial charge in [0.05, 0.1) is 32.6 Å². The van der Waals surface area contributed by atoms with Gasteiger partial charge in [0, 0.05) is 26.5 Å². The molecular weight excluding hydrogens is 446 g/mol. The Morgan fingerprint density at radius 3 is 2.40 bits per heavy atom. The number of nitrogens with zero attached hydrogens (tertiary/aromatic N) is 3. The number of hydrazone groups is 1. The van der Waals surface area contributed by atoms with Gasteiger partial charge >= 0.3 is 0 Å². The average molecular weight is 482 g/mol. The molecule has 0 aromatic heterocycles. The lowest BCUT2D eigenvalue weighted by molar-refractivity contribution is -0.141. The molecule has 2 aromatic carbocycles. The number of aryl methyl sites for hydroxylation is 2. The first-order valence-corrected chi connectivity index (χ1v) is 11.8. The Hall–Kier alpha value is -3.39. The molecule has 1 heterocycles. The quantitative estimate of drug-likeness (QED) is 0.514. The minimum absolute atomic E-state index is 0.0659. The second kappa shape index (κ2) is 11.8. The van der Waals surface area contributed by atoms with Crippen molar-refractivity contribution in [2.75, 3.05) is 41.0 Å². The van der Waals surface area contributed by atoms with E-state index in [4.69, 9.17) is 19.3 Å². The highest BCUT2D eigenvalue weighted by Crippen LogP contribution is 2.37. The van der Waals surface area contributed by atoms with Crippen molar-refractivity contribution in [1.82, 2.24) is 9.91 Å². The van der Waals surface area contributed by atoms with Gasteiger partial charge in [-0.3, -0.25) is 9.59 Å². The summed E-state index contributed by atoms with van der Waals surface area (Å²) in [6.45, 7) is 6.55. The number of hydrogen-bond acceptors (Lipinski definition) is 6. The molecule has 0 saturated heterocycles. The van der Waals surface area contributed by atoms with Crippen LogP contribution in [0.25, 0.3) is 0 Å². The van der Waals surface area contributed by atoms with E-state index in [1.54, 1.807) is 28.3 Å². The molecule has 0 unspecified atom stereocenters. The Morgan fingerprint density at radius 2 is 1.77 bits per heavy atom. The SMILES string of the molecule is CCC(=O)N(CCOC)CC(=O)N1N=C(c2ccc(C)c(C)c2)C[C@@H]1c1ccc(OC)c(OC)c1. The summed E-state index contributed by atoms with van der Waals surface area (Å²) < 4.78 is 16.0. The molecule has 2 amide bonds. The maximum Gasteiger partial charge on any atom is 0.262 e. The molecule has 3 rings (SSSR count). The largest absolute Gasteiger partial charge is 0.493 e. The smallest absolute Gasteiger partial charge is 0.262 e. The molecule has 8 nitrogen and oxygen atoms in total. The summed E-state index contributed by atoms with van der Waals surface area (Å²) in [5, 5.41) is 6.27. The fraction of sp³-hybridized carbons (Fsp3) is 0.444. The van der Waals surface area contributed by atoms with Gasteiger partial charge in [0.25, 0.3) is 5.91 Å². The summed E-state index contributed by atoms with van der Waals surface area (Å²) in [5.41, 5.74) is 5.05. The monoisotopic (exact) mass is 481 g/mol. The standard InChI is InChI=1S/C27H35N3O5/c1-7-26(31)29(12-13-33-4)17-27(32)30-23(21-10-11-24(34-5)25(15-21)35-6)16-22(28-30)20-9-8-18(2)19(3)14-20/h8-11,14-15,23H,7,12-13,16-17H2,1-6H3/t23-/m1/s1. The van der Waals surface area contributed by atoms with Crippen LogP contribution in [0.15, 0.2) is 41.5 Å². The summed E-state index contributed by atoms with van der Waals surface area (Å²) in [5.74, 6) is 0.846. The van der Waals surface area contributed by atoms with E-state index in [1.807, 2.05) is 24.3 Å². The second-order valence-electron chi connectivity index (χ2n) is 8.58. The second-order valence-corrected chi connectivity index (χ2v) is 8.58. The molecule has 0 spiro atoms. The third kappa shape index (κ3) is 6.00. The fourth-order valence-corrected chi connectivity index (χ4v) is 4.11. The summed E-state index contributed by atoms with van der Waals surface area (Å²) >= 11 is 0. The fourth-order valence-electron chi connectivity index (χ4n) is 4.11. The maximum absolute atomic E-state index is 13.5. The number of amides is 2. The highest BCUT2D eigenvalue weighted by atomic mass is 16.5. The van der Waals surface area contributed by atoms with Crippen molar-refractivity contribution in [1.29, 1.82) is 0 Å². The zero-order valence-corrected chi connectivity index (χ0v) is 21.5. The van der Waals surface area contributed by atoms with E-state index in [9.17, 15) is 9.59 Å². The molecule has 1 aliphatic heterocycles. The molecule has 0 bridgehead atoms. The van der Waals surface area contributed by atoms with Crippen LogP contribution in [-0.4, -0.2) is 68.5 Å². The maximum atomic E-state index is 13.5. The lowest BCUT2D eigenvalue weighted by Gasteiger charge is -2.27. The van der Waals surface area contributed by atoms with Gasteiger partial charge in [-0.15, -0.1) is 0 Å². The van der Waals surface area contributed by atoms with E-state index >= 15 is 0 Å². The first kappa shape index (κ1) is 26.2. The minimum Gasteiger partial charge on any atom is -0.493 e. The van der Waals surface area contributed by atoms with Crippen molar-refractivity contribution in [3.63, 3.8) is 0 Å². The number of hydrogen-bond donors (Lipinski definition) is 0. The van der Waals surface area contributed by atoms with Crippen molar-refractivity contribution in [2.24, 2.45) is 5.10 Å². The first-order valence-electron chi connectivity index (χ1n) is 11.8. The molecule has 35 heavy (non-hydrogen) atoms. The van der Waals surface area contributed by atoms with E-state index in [1.165, 1.54) is 15.5 Å².